The van der Waals surface area contributed by atoms with Crippen molar-refractivity contribution in [3.63, 3.8) is 0 Å². The highest BCUT2D eigenvalue weighted by Gasteiger charge is 1.89. The van der Waals surface area contributed by atoms with Crippen LogP contribution in [0.5, 0.6) is 0 Å². The highest BCUT2D eigenvalue weighted by Crippen LogP contribution is 1.98. The van der Waals surface area contributed by atoms with Gasteiger partial charge in [0.1, 0.15) is 0 Å². The van der Waals surface area contributed by atoms with Crippen molar-refractivity contribution in [2.45, 2.75) is 13.1 Å². The second kappa shape index (κ2) is 6.21. The zero-order valence-electron chi connectivity index (χ0n) is 8.53. The zero-order valence-corrected chi connectivity index (χ0v) is 9.68. The second-order valence-electron chi connectivity index (χ2n) is 3.15. The van der Waals surface area contributed by atoms with E-state index in [0.29, 0.717) is 0 Å². The SMILES string of the molecule is C[SiH](C)ONC=C=Cc1ccccc1. The summed E-state index contributed by atoms with van der Waals surface area (Å²) in [5, 5.41) is 0. The molecule has 0 atom stereocenters. The normalized spacial score (nSPS) is 9.36. The van der Waals surface area contributed by atoms with Gasteiger partial charge >= 0.3 is 0 Å². The molecule has 0 amide bonds. The molecule has 2 nitrogen and oxygen atoms in total. The van der Waals surface area contributed by atoms with Gasteiger partial charge in [0.25, 0.3) is 0 Å². The van der Waals surface area contributed by atoms with E-state index in [2.05, 4.69) is 24.3 Å². The molecular formula is C11H15NOSi. The molecule has 1 aromatic rings. The molecule has 1 rings (SSSR count). The minimum atomic E-state index is -0.983. The third-order valence-electron chi connectivity index (χ3n) is 1.50. The van der Waals surface area contributed by atoms with Crippen LogP contribution in [0, 0.1) is 0 Å². The average Bonchev–Trinajstić information content (AvgIpc) is 2.18. The first-order chi connectivity index (χ1) is 6.79. The van der Waals surface area contributed by atoms with Crippen LogP contribution in [-0.4, -0.2) is 9.04 Å². The third-order valence-corrected chi connectivity index (χ3v) is 2.10. The minimum absolute atomic E-state index is 0.983. The fourth-order valence-corrected chi connectivity index (χ4v) is 1.23. The molecular weight excluding hydrogens is 190 g/mol. The van der Waals surface area contributed by atoms with Crippen molar-refractivity contribution >= 4 is 15.1 Å². The third kappa shape index (κ3) is 4.67. The van der Waals surface area contributed by atoms with E-state index in [1.54, 1.807) is 6.20 Å². The molecule has 0 saturated heterocycles. The molecule has 1 aromatic carbocycles. The second-order valence-corrected chi connectivity index (χ2v) is 5.48. The van der Waals surface area contributed by atoms with Crippen molar-refractivity contribution in [2.24, 2.45) is 0 Å². The highest BCUT2D eigenvalue weighted by atomic mass is 28.3. The Kier molecular flexibility index (Phi) is 4.79. The Hall–Kier alpha value is -1.28. The number of hydroxylamine groups is 1. The Morgan fingerprint density at radius 3 is 2.64 bits per heavy atom. The lowest BCUT2D eigenvalue weighted by atomic mass is 10.2. The number of rotatable bonds is 4. The molecule has 0 bridgehead atoms. The standard InChI is InChI=1S/C11H15NOSi/c1-14(2)13-12-10-6-9-11-7-4-3-5-8-11/h3-5,7-10,12,14H,1-2H3. The molecule has 0 unspecified atom stereocenters. The summed E-state index contributed by atoms with van der Waals surface area (Å²) in [5.41, 5.74) is 6.87. The van der Waals surface area contributed by atoms with E-state index in [-0.39, 0.29) is 0 Å². The zero-order chi connectivity index (χ0) is 10.2. The minimum Gasteiger partial charge on any atom is -0.326 e. The number of nitrogens with one attached hydrogen (secondary N) is 1. The first-order valence-electron chi connectivity index (χ1n) is 4.66. The van der Waals surface area contributed by atoms with Crippen molar-refractivity contribution in [3.8, 4) is 0 Å². The summed E-state index contributed by atoms with van der Waals surface area (Å²) in [7, 11) is -0.983. The summed E-state index contributed by atoms with van der Waals surface area (Å²) in [6, 6.07) is 10.0. The van der Waals surface area contributed by atoms with Crippen molar-refractivity contribution in [1.29, 1.82) is 0 Å². The van der Waals surface area contributed by atoms with Gasteiger partial charge in [0.05, 0.1) is 6.20 Å². The molecule has 0 aliphatic heterocycles. The van der Waals surface area contributed by atoms with Crippen LogP contribution in [0.2, 0.25) is 13.1 Å². The lowest BCUT2D eigenvalue weighted by Crippen LogP contribution is -2.16. The highest BCUT2D eigenvalue weighted by molar-refractivity contribution is 6.48. The van der Waals surface area contributed by atoms with E-state index in [0.717, 1.165) is 5.56 Å². The van der Waals surface area contributed by atoms with E-state index >= 15 is 0 Å². The quantitative estimate of drug-likeness (QED) is 0.463. The topological polar surface area (TPSA) is 21.3 Å². The molecule has 0 aliphatic rings. The Balaban J connectivity index is 2.40. The van der Waals surface area contributed by atoms with E-state index < -0.39 is 9.04 Å². The Labute approximate surface area is 86.6 Å². The number of hydrogen-bond donors (Lipinski definition) is 1. The fourth-order valence-electron chi connectivity index (χ4n) is 0.891. The van der Waals surface area contributed by atoms with Crippen LogP contribution in [0.15, 0.2) is 42.3 Å². The van der Waals surface area contributed by atoms with Gasteiger partial charge in [-0.25, -0.2) is 0 Å². The van der Waals surface area contributed by atoms with Crippen LogP contribution in [-0.2, 0) is 4.53 Å². The van der Waals surface area contributed by atoms with Gasteiger partial charge in [0, 0.05) is 0 Å². The largest absolute Gasteiger partial charge is 0.326 e. The predicted molar refractivity (Wildman–Crippen MR) is 62.1 cm³/mol. The summed E-state index contributed by atoms with van der Waals surface area (Å²) in [6.07, 6.45) is 3.58. The van der Waals surface area contributed by atoms with Gasteiger partial charge in [-0.2, -0.15) is 0 Å². The maximum Gasteiger partial charge on any atom is 0.208 e. The summed E-state index contributed by atoms with van der Waals surface area (Å²) in [5.74, 6) is 0. The fraction of sp³-hybridized carbons (Fsp3) is 0.182. The summed E-state index contributed by atoms with van der Waals surface area (Å²) in [6.45, 7) is 4.20. The first-order valence-corrected chi connectivity index (χ1v) is 7.44. The van der Waals surface area contributed by atoms with Crippen molar-refractivity contribution in [3.05, 3.63) is 47.8 Å². The van der Waals surface area contributed by atoms with Crippen LogP contribution in [0.3, 0.4) is 0 Å². The lowest BCUT2D eigenvalue weighted by Gasteiger charge is -2.01. The summed E-state index contributed by atoms with van der Waals surface area (Å²) < 4.78 is 5.23. The van der Waals surface area contributed by atoms with Crippen LogP contribution in [0.4, 0.5) is 0 Å². The molecule has 0 radical (unpaired) electrons. The van der Waals surface area contributed by atoms with E-state index in [9.17, 15) is 0 Å². The Morgan fingerprint density at radius 2 is 2.00 bits per heavy atom. The van der Waals surface area contributed by atoms with E-state index in [1.807, 2.05) is 36.4 Å². The first kappa shape index (κ1) is 10.8. The van der Waals surface area contributed by atoms with Crippen molar-refractivity contribution < 1.29 is 4.53 Å². The van der Waals surface area contributed by atoms with Crippen LogP contribution in [0.1, 0.15) is 5.56 Å². The molecule has 14 heavy (non-hydrogen) atoms. The van der Waals surface area contributed by atoms with Crippen molar-refractivity contribution in [2.75, 3.05) is 0 Å². The van der Waals surface area contributed by atoms with Crippen molar-refractivity contribution in [1.82, 2.24) is 5.48 Å². The smallest absolute Gasteiger partial charge is 0.208 e. The molecule has 0 saturated carbocycles. The molecule has 0 fully saturated rings. The maximum atomic E-state index is 5.23. The Morgan fingerprint density at radius 1 is 1.29 bits per heavy atom. The molecule has 0 aromatic heterocycles. The van der Waals surface area contributed by atoms with E-state index in [4.69, 9.17) is 4.53 Å². The van der Waals surface area contributed by atoms with Gasteiger partial charge in [0.2, 0.25) is 9.04 Å². The number of hydrogen-bond acceptors (Lipinski definition) is 2. The van der Waals surface area contributed by atoms with Crippen LogP contribution >= 0.6 is 0 Å². The molecule has 3 heteroatoms. The number of benzene rings is 1. The summed E-state index contributed by atoms with van der Waals surface area (Å²) >= 11 is 0. The lowest BCUT2D eigenvalue weighted by molar-refractivity contribution is 0.248. The van der Waals surface area contributed by atoms with Gasteiger partial charge in [-0.1, -0.05) is 30.3 Å². The molecule has 74 valence electrons. The van der Waals surface area contributed by atoms with Gasteiger partial charge in [-0.3, -0.25) is 5.48 Å². The maximum absolute atomic E-state index is 5.23. The van der Waals surface area contributed by atoms with Crippen LogP contribution in [0.25, 0.3) is 6.08 Å². The van der Waals surface area contributed by atoms with Gasteiger partial charge in [-0.15, -0.1) is 5.73 Å². The average molecular weight is 205 g/mol. The van der Waals surface area contributed by atoms with Gasteiger partial charge in [-0.05, 0) is 24.7 Å². The molecule has 0 spiro atoms. The molecule has 0 heterocycles. The monoisotopic (exact) mass is 205 g/mol. The van der Waals surface area contributed by atoms with Gasteiger partial charge < -0.3 is 4.53 Å². The van der Waals surface area contributed by atoms with Crippen LogP contribution < -0.4 is 5.48 Å². The predicted octanol–water partition coefficient (Wildman–Crippen LogP) is 2.32. The Bertz CT molecular complexity index is 315. The molecule has 1 N–H and O–H groups in total. The van der Waals surface area contributed by atoms with E-state index in [1.165, 1.54) is 0 Å². The van der Waals surface area contributed by atoms with Gasteiger partial charge in [0.15, 0.2) is 0 Å². The molecule has 0 aliphatic carbocycles. The summed E-state index contributed by atoms with van der Waals surface area (Å²) in [4.78, 5) is 0.